The van der Waals surface area contributed by atoms with Crippen LogP contribution < -0.4 is 0 Å². The largest absolute Gasteiger partial charge is 0.505 e. The van der Waals surface area contributed by atoms with E-state index in [1.807, 2.05) is 26.0 Å². The van der Waals surface area contributed by atoms with Crippen molar-refractivity contribution < 1.29 is 36.9 Å². The van der Waals surface area contributed by atoms with Crippen molar-refractivity contribution in [3.8, 4) is 28.4 Å². The molecule has 5 rings (SSSR count). The first kappa shape index (κ1) is 29.8. The van der Waals surface area contributed by atoms with Gasteiger partial charge in [-0.3, -0.25) is 4.57 Å². The van der Waals surface area contributed by atoms with Gasteiger partial charge in [0.25, 0.3) is 0 Å². The topological polar surface area (TPSA) is 124 Å². The van der Waals surface area contributed by atoms with Gasteiger partial charge in [-0.2, -0.15) is 13.2 Å². The number of phenolic OH excluding ortho intramolecular Hbond substituents is 1. The van der Waals surface area contributed by atoms with Gasteiger partial charge in [-0.1, -0.05) is 36.4 Å². The highest BCUT2D eigenvalue weighted by molar-refractivity contribution is 7.90. The molecule has 1 heterocycles. The zero-order valence-electron chi connectivity index (χ0n) is 23.1. The second kappa shape index (κ2) is 10.9. The molecule has 1 unspecified atom stereocenters. The number of phenols is 1. The molecule has 8 nitrogen and oxygen atoms in total. The van der Waals surface area contributed by atoms with Crippen LogP contribution in [0.3, 0.4) is 0 Å². The predicted octanol–water partition coefficient (Wildman–Crippen LogP) is 7.74. The van der Waals surface area contributed by atoms with E-state index in [0.29, 0.717) is 16.6 Å². The van der Waals surface area contributed by atoms with Crippen molar-refractivity contribution in [2.75, 3.05) is 6.26 Å². The van der Waals surface area contributed by atoms with Crippen LogP contribution in [-0.2, 0) is 9.84 Å². The average molecular weight is 610 g/mol. The highest BCUT2D eigenvalue weighted by atomic mass is 32.2. The number of alkyl halides is 3. The highest BCUT2D eigenvalue weighted by Gasteiger charge is 2.39. The van der Waals surface area contributed by atoms with Crippen LogP contribution in [0.4, 0.5) is 24.5 Å². The molecule has 1 atom stereocenters. The Hall–Kier alpha value is -4.68. The van der Waals surface area contributed by atoms with Crippen LogP contribution in [0, 0.1) is 13.8 Å². The van der Waals surface area contributed by atoms with Crippen molar-refractivity contribution in [3.05, 3.63) is 95.6 Å². The van der Waals surface area contributed by atoms with Crippen molar-refractivity contribution in [3.63, 3.8) is 0 Å². The van der Waals surface area contributed by atoms with Gasteiger partial charge in [-0.05, 0) is 78.6 Å². The number of rotatable bonds is 6. The third-order valence-electron chi connectivity index (χ3n) is 7.16. The Morgan fingerprint density at radius 1 is 0.860 bits per heavy atom. The van der Waals surface area contributed by atoms with E-state index in [9.17, 15) is 36.9 Å². The van der Waals surface area contributed by atoms with Gasteiger partial charge in [0.15, 0.2) is 27.4 Å². The minimum absolute atomic E-state index is 0.00776. The zero-order chi connectivity index (χ0) is 31.3. The Kier molecular flexibility index (Phi) is 7.53. The summed E-state index contributed by atoms with van der Waals surface area (Å²) < 4.78 is 65.3. The third-order valence-corrected chi connectivity index (χ3v) is 8.27. The number of hydrogen-bond donors (Lipinski definition) is 3. The molecule has 0 spiro atoms. The number of aliphatic hydroxyl groups is 1. The van der Waals surface area contributed by atoms with Crippen molar-refractivity contribution in [2.45, 2.75) is 31.0 Å². The Bertz CT molecular complexity index is 2020. The van der Waals surface area contributed by atoms with Gasteiger partial charge in [0.05, 0.1) is 10.4 Å². The summed E-state index contributed by atoms with van der Waals surface area (Å²) >= 11 is 0. The van der Waals surface area contributed by atoms with Crippen molar-refractivity contribution in [2.24, 2.45) is 10.2 Å². The van der Waals surface area contributed by atoms with E-state index in [1.165, 1.54) is 53.1 Å². The number of hydrogen-bond acceptors (Lipinski definition) is 7. The number of halogens is 3. The normalized spacial score (nSPS) is 13.2. The minimum Gasteiger partial charge on any atom is -0.505 e. The molecular weight excluding hydrogens is 583 g/mol. The Labute approximate surface area is 244 Å². The number of aliphatic hydroxyl groups excluding tert-OH is 1. The van der Waals surface area contributed by atoms with Crippen molar-refractivity contribution >= 4 is 32.1 Å². The number of nitrogens with zero attached hydrogens (tertiary/aromatic N) is 3. The monoisotopic (exact) mass is 609 g/mol. The first-order valence-electron chi connectivity index (χ1n) is 12.9. The van der Waals surface area contributed by atoms with Crippen LogP contribution in [0.1, 0.15) is 22.8 Å². The number of fused-ring (bicyclic) bond motifs is 1. The quantitative estimate of drug-likeness (QED) is 0.170. The maximum Gasteiger partial charge on any atom is 0.418 e. The molecule has 0 radical (unpaired) electrons. The third kappa shape index (κ3) is 5.71. The van der Waals surface area contributed by atoms with E-state index < -0.39 is 27.7 Å². The molecule has 222 valence electrons. The van der Waals surface area contributed by atoms with Crippen LogP contribution in [0.2, 0.25) is 0 Å². The number of aromatic hydroxyl groups is 2. The molecule has 0 aliphatic heterocycles. The van der Waals surface area contributed by atoms with E-state index in [2.05, 4.69) is 10.2 Å². The summed E-state index contributed by atoms with van der Waals surface area (Å²) in [6.07, 6.45) is -6.48. The Balaban J connectivity index is 1.63. The van der Waals surface area contributed by atoms with E-state index in [0.717, 1.165) is 29.5 Å². The molecular formula is C31H26F3N3O5S. The standard InChI is InChI=1S/C31H26F3N3O5S/c1-17-10-11-21(14-18(17)2)37-26-16-22(43(3,41)42)12-13-24(26)27(30(37)40)36-35-25-9-5-8-23(28(25)38)19-6-4-7-20(15-19)29(39)31(32,33)34/h4-16,29,38-40H,1-3H3. The van der Waals surface area contributed by atoms with E-state index >= 15 is 0 Å². The Morgan fingerprint density at radius 2 is 1.58 bits per heavy atom. The van der Waals surface area contributed by atoms with E-state index in [-0.39, 0.29) is 39.0 Å². The minimum atomic E-state index is -4.86. The fourth-order valence-electron chi connectivity index (χ4n) is 4.71. The van der Waals surface area contributed by atoms with E-state index in [4.69, 9.17) is 0 Å². The van der Waals surface area contributed by atoms with E-state index in [1.54, 1.807) is 6.07 Å². The number of para-hydroxylation sites is 1. The number of aromatic nitrogens is 1. The molecule has 3 N–H and O–H groups in total. The zero-order valence-corrected chi connectivity index (χ0v) is 23.9. The highest BCUT2D eigenvalue weighted by Crippen LogP contribution is 2.44. The van der Waals surface area contributed by atoms with Crippen LogP contribution in [0.5, 0.6) is 11.6 Å². The summed E-state index contributed by atoms with van der Waals surface area (Å²) in [4.78, 5) is 0.0364. The van der Waals surface area contributed by atoms with Gasteiger partial charge in [0, 0.05) is 22.9 Å². The van der Waals surface area contributed by atoms with Crippen LogP contribution in [-0.4, -0.2) is 40.7 Å². The summed E-state index contributed by atoms with van der Waals surface area (Å²) in [6, 6.07) is 19.3. The van der Waals surface area contributed by atoms with Crippen LogP contribution in [0.15, 0.2) is 94.0 Å². The molecule has 12 heteroatoms. The number of sulfone groups is 1. The molecule has 4 aromatic carbocycles. The Morgan fingerprint density at radius 3 is 2.26 bits per heavy atom. The number of aryl methyl sites for hydroxylation is 2. The maximum absolute atomic E-state index is 13.1. The number of azo groups is 1. The molecule has 0 aliphatic rings. The molecule has 0 bridgehead atoms. The predicted molar refractivity (Wildman–Crippen MR) is 156 cm³/mol. The van der Waals surface area contributed by atoms with Crippen LogP contribution >= 0.6 is 0 Å². The molecule has 0 saturated heterocycles. The lowest BCUT2D eigenvalue weighted by Crippen LogP contribution is -2.20. The SMILES string of the molecule is Cc1ccc(-n2c(O)c(N=Nc3cccc(-c4cccc(C(O)C(F)(F)F)c4)c3O)c3ccc(S(C)(=O)=O)cc32)cc1C. The summed E-state index contributed by atoms with van der Waals surface area (Å²) in [5.41, 5.74) is 2.80. The summed E-state index contributed by atoms with van der Waals surface area (Å²) in [5, 5.41) is 40.7. The molecule has 5 aromatic rings. The smallest absolute Gasteiger partial charge is 0.418 e. The van der Waals surface area contributed by atoms with Gasteiger partial charge in [0.2, 0.25) is 5.88 Å². The first-order valence-corrected chi connectivity index (χ1v) is 14.8. The summed E-state index contributed by atoms with van der Waals surface area (Å²) in [7, 11) is -3.58. The first-order chi connectivity index (χ1) is 20.2. The van der Waals surface area contributed by atoms with Gasteiger partial charge < -0.3 is 15.3 Å². The van der Waals surface area contributed by atoms with Crippen LogP contribution in [0.25, 0.3) is 27.7 Å². The molecule has 0 fully saturated rings. The fourth-order valence-corrected chi connectivity index (χ4v) is 5.35. The van der Waals surface area contributed by atoms with Crippen molar-refractivity contribution in [1.82, 2.24) is 4.57 Å². The van der Waals surface area contributed by atoms with Gasteiger partial charge in [-0.25, -0.2) is 8.42 Å². The summed E-state index contributed by atoms with van der Waals surface area (Å²) in [6.45, 7) is 3.84. The lowest BCUT2D eigenvalue weighted by atomic mass is 9.99. The molecule has 0 saturated carbocycles. The van der Waals surface area contributed by atoms with Gasteiger partial charge in [-0.15, -0.1) is 10.2 Å². The summed E-state index contributed by atoms with van der Waals surface area (Å²) in [5.74, 6) is -0.709. The lowest BCUT2D eigenvalue weighted by molar-refractivity contribution is -0.206. The fraction of sp³-hybridized carbons (Fsp3) is 0.161. The second-order valence-corrected chi connectivity index (χ2v) is 12.2. The molecule has 1 aromatic heterocycles. The second-order valence-electron chi connectivity index (χ2n) is 10.2. The number of benzene rings is 4. The van der Waals surface area contributed by atoms with Gasteiger partial charge >= 0.3 is 6.18 Å². The molecule has 43 heavy (non-hydrogen) atoms. The van der Waals surface area contributed by atoms with Gasteiger partial charge in [0.1, 0.15) is 5.69 Å². The lowest BCUT2D eigenvalue weighted by Gasteiger charge is -2.16. The van der Waals surface area contributed by atoms with Crippen molar-refractivity contribution in [1.29, 1.82) is 0 Å². The molecule has 0 amide bonds. The molecule has 0 aliphatic carbocycles. The average Bonchev–Trinajstić information content (AvgIpc) is 3.23. The maximum atomic E-state index is 13.1.